The first-order chi connectivity index (χ1) is 27.4. The predicted octanol–water partition coefficient (Wildman–Crippen LogP) is 15.0. The predicted molar refractivity (Wildman–Crippen MR) is 241 cm³/mol. The van der Waals surface area contributed by atoms with Gasteiger partial charge in [0.15, 0.2) is 0 Å². The molecule has 0 aliphatic rings. The van der Waals surface area contributed by atoms with Gasteiger partial charge in [-0.1, -0.05) is 176 Å². The Balaban J connectivity index is 4.26. The Kier molecular flexibility index (Phi) is 42.6. The molecule has 0 atom stereocenters. The van der Waals surface area contributed by atoms with E-state index >= 15 is 0 Å². The zero-order valence-electron chi connectivity index (χ0n) is 38.8. The molecule has 0 N–H and O–H groups in total. The second kappa shape index (κ2) is 43.4. The maximum atomic E-state index is 12.5. The third-order valence-corrected chi connectivity index (χ3v) is 12.0. The maximum Gasteiger partial charge on any atom is 0.306 e. The van der Waals surface area contributed by atoms with Gasteiger partial charge >= 0.3 is 11.9 Å². The van der Waals surface area contributed by atoms with E-state index in [1.54, 1.807) is 0 Å². The van der Waals surface area contributed by atoms with Gasteiger partial charge in [-0.3, -0.25) is 9.59 Å². The normalized spacial score (nSPS) is 11.8. The quantitative estimate of drug-likeness (QED) is 0.0452. The summed E-state index contributed by atoms with van der Waals surface area (Å²) in [5.41, 5.74) is 0. The third-order valence-electron chi connectivity index (χ3n) is 12.0. The highest BCUT2D eigenvalue weighted by molar-refractivity contribution is 5.70. The molecule has 0 rings (SSSR count). The van der Waals surface area contributed by atoms with E-state index in [1.165, 1.54) is 173 Å². The van der Waals surface area contributed by atoms with Gasteiger partial charge in [-0.25, -0.2) is 0 Å². The Bertz CT molecular complexity index is 745. The summed E-state index contributed by atoms with van der Waals surface area (Å²) in [5, 5.41) is 0. The molecule has 0 unspecified atom stereocenters. The second-order valence-corrected chi connectivity index (χ2v) is 17.5. The number of ether oxygens (including phenoxy) is 3. The van der Waals surface area contributed by atoms with E-state index in [9.17, 15) is 9.59 Å². The molecule has 0 fully saturated rings. The SMILES string of the molecule is CCCCCC(CCCCC)CC(=O)OCCCCCCCCC(CCCCCCCCOC(=O)CC(CCCCC)CCCCC)OCCCCN(C)CC. The molecule has 0 aliphatic heterocycles. The molecule has 0 bridgehead atoms. The lowest BCUT2D eigenvalue weighted by molar-refractivity contribution is -0.146. The van der Waals surface area contributed by atoms with Crippen LogP contribution in [0.3, 0.4) is 0 Å². The lowest BCUT2D eigenvalue weighted by atomic mass is 9.92. The molecule has 0 saturated heterocycles. The van der Waals surface area contributed by atoms with Gasteiger partial charge < -0.3 is 19.1 Å². The smallest absolute Gasteiger partial charge is 0.306 e. The standard InChI is InChI=1S/C50H99NO5/c1-7-12-24-34-46(35-25-13-8-2)44-49(52)55-42-31-22-18-16-20-28-38-48(54-41-33-30-40-51(6)11-5)39-29-21-17-19-23-32-43-56-50(53)45-47(36-26-14-9-3)37-27-15-10-4/h46-48H,7-45H2,1-6H3. The summed E-state index contributed by atoms with van der Waals surface area (Å²) >= 11 is 0. The van der Waals surface area contributed by atoms with E-state index < -0.39 is 0 Å². The lowest BCUT2D eigenvalue weighted by Crippen LogP contribution is -2.20. The van der Waals surface area contributed by atoms with Crippen molar-refractivity contribution in [2.75, 3.05) is 40.0 Å². The molecule has 0 amide bonds. The van der Waals surface area contributed by atoms with Crippen LogP contribution in [0.25, 0.3) is 0 Å². The minimum atomic E-state index is 0.0267. The number of carbonyl (C=O) groups excluding carboxylic acids is 2. The van der Waals surface area contributed by atoms with Crippen LogP contribution >= 0.6 is 0 Å². The molecule has 0 heterocycles. The molecule has 0 aliphatic carbocycles. The van der Waals surface area contributed by atoms with Crippen molar-refractivity contribution in [2.45, 2.75) is 259 Å². The van der Waals surface area contributed by atoms with Crippen molar-refractivity contribution in [2.24, 2.45) is 11.8 Å². The number of hydrogen-bond donors (Lipinski definition) is 0. The molecule has 0 aromatic heterocycles. The first-order valence-corrected chi connectivity index (χ1v) is 25.0. The van der Waals surface area contributed by atoms with Gasteiger partial charge in [0.2, 0.25) is 0 Å². The largest absolute Gasteiger partial charge is 0.466 e. The van der Waals surface area contributed by atoms with Gasteiger partial charge in [0.25, 0.3) is 0 Å². The van der Waals surface area contributed by atoms with Gasteiger partial charge in [-0.05, 0) is 96.2 Å². The Labute approximate surface area is 350 Å². The van der Waals surface area contributed by atoms with Crippen LogP contribution in [0, 0.1) is 11.8 Å². The summed E-state index contributed by atoms with van der Waals surface area (Å²) in [6.07, 6.45) is 40.3. The monoisotopic (exact) mass is 794 g/mol. The van der Waals surface area contributed by atoms with E-state index in [2.05, 4.69) is 46.6 Å². The van der Waals surface area contributed by atoms with Crippen molar-refractivity contribution in [3.05, 3.63) is 0 Å². The molecule has 0 saturated carbocycles. The molecular weight excluding hydrogens is 695 g/mol. The molecule has 56 heavy (non-hydrogen) atoms. The van der Waals surface area contributed by atoms with Crippen LogP contribution in [-0.2, 0) is 23.8 Å². The van der Waals surface area contributed by atoms with Crippen LogP contribution in [0.2, 0.25) is 0 Å². The van der Waals surface area contributed by atoms with Crippen molar-refractivity contribution in [3.63, 3.8) is 0 Å². The molecule has 0 radical (unpaired) electrons. The Morgan fingerprint density at radius 1 is 0.411 bits per heavy atom. The average molecular weight is 794 g/mol. The van der Waals surface area contributed by atoms with Gasteiger partial charge in [0, 0.05) is 19.4 Å². The Hall–Kier alpha value is -1.14. The minimum Gasteiger partial charge on any atom is -0.466 e. The Morgan fingerprint density at radius 3 is 1.12 bits per heavy atom. The summed E-state index contributed by atoms with van der Waals surface area (Å²) in [5.74, 6) is 1.07. The van der Waals surface area contributed by atoms with Crippen LogP contribution < -0.4 is 0 Å². The van der Waals surface area contributed by atoms with Crippen molar-refractivity contribution in [1.82, 2.24) is 4.90 Å². The van der Waals surface area contributed by atoms with E-state index in [-0.39, 0.29) is 11.9 Å². The highest BCUT2D eigenvalue weighted by Gasteiger charge is 2.16. The number of carbonyl (C=O) groups is 2. The topological polar surface area (TPSA) is 65.1 Å². The Morgan fingerprint density at radius 2 is 0.750 bits per heavy atom. The van der Waals surface area contributed by atoms with E-state index in [1.807, 2.05) is 0 Å². The van der Waals surface area contributed by atoms with Crippen LogP contribution in [0.5, 0.6) is 0 Å². The number of nitrogens with zero attached hydrogens (tertiary/aromatic N) is 1. The zero-order valence-corrected chi connectivity index (χ0v) is 38.8. The second-order valence-electron chi connectivity index (χ2n) is 17.5. The van der Waals surface area contributed by atoms with Crippen molar-refractivity contribution < 1.29 is 23.8 Å². The average Bonchev–Trinajstić information content (AvgIpc) is 3.19. The highest BCUT2D eigenvalue weighted by Crippen LogP contribution is 2.23. The summed E-state index contributed by atoms with van der Waals surface area (Å²) in [7, 11) is 2.20. The van der Waals surface area contributed by atoms with Gasteiger partial charge in [0.05, 0.1) is 19.3 Å². The maximum absolute atomic E-state index is 12.5. The fourth-order valence-corrected chi connectivity index (χ4v) is 7.96. The van der Waals surface area contributed by atoms with Crippen LogP contribution in [0.1, 0.15) is 253 Å². The summed E-state index contributed by atoms with van der Waals surface area (Å²) in [6, 6.07) is 0. The van der Waals surface area contributed by atoms with Crippen LogP contribution in [-0.4, -0.2) is 62.9 Å². The summed E-state index contributed by atoms with van der Waals surface area (Å²) in [4.78, 5) is 27.4. The lowest BCUT2D eigenvalue weighted by Gasteiger charge is -2.19. The summed E-state index contributed by atoms with van der Waals surface area (Å²) < 4.78 is 17.8. The fourth-order valence-electron chi connectivity index (χ4n) is 7.96. The van der Waals surface area contributed by atoms with E-state index in [0.29, 0.717) is 44.0 Å². The van der Waals surface area contributed by atoms with Crippen molar-refractivity contribution >= 4 is 11.9 Å². The minimum absolute atomic E-state index is 0.0267. The number of esters is 2. The molecule has 0 aromatic rings. The molecule has 0 spiro atoms. The number of hydrogen-bond acceptors (Lipinski definition) is 6. The number of unbranched alkanes of at least 4 members (excludes halogenated alkanes) is 19. The van der Waals surface area contributed by atoms with Crippen molar-refractivity contribution in [3.8, 4) is 0 Å². The molecule has 6 heteroatoms. The van der Waals surface area contributed by atoms with Gasteiger partial charge in [-0.15, -0.1) is 0 Å². The van der Waals surface area contributed by atoms with E-state index in [4.69, 9.17) is 14.2 Å². The third kappa shape index (κ3) is 38.4. The highest BCUT2D eigenvalue weighted by atomic mass is 16.5. The van der Waals surface area contributed by atoms with E-state index in [0.717, 1.165) is 51.8 Å². The molecular formula is C50H99NO5. The van der Waals surface area contributed by atoms with Crippen LogP contribution in [0.4, 0.5) is 0 Å². The molecule has 6 nitrogen and oxygen atoms in total. The first-order valence-electron chi connectivity index (χ1n) is 25.0. The zero-order chi connectivity index (χ0) is 41.2. The van der Waals surface area contributed by atoms with Crippen molar-refractivity contribution in [1.29, 1.82) is 0 Å². The molecule has 334 valence electrons. The molecule has 0 aromatic carbocycles. The van der Waals surface area contributed by atoms with Gasteiger partial charge in [-0.2, -0.15) is 0 Å². The van der Waals surface area contributed by atoms with Crippen LogP contribution in [0.15, 0.2) is 0 Å². The number of rotatable bonds is 45. The summed E-state index contributed by atoms with van der Waals surface area (Å²) in [6.45, 7) is 15.5. The first kappa shape index (κ1) is 54.9. The van der Waals surface area contributed by atoms with Gasteiger partial charge in [0.1, 0.15) is 0 Å². The fraction of sp³-hybridized carbons (Fsp3) is 0.960.